The normalized spacial score (nSPS) is 18.7. The molecule has 0 saturated heterocycles. The van der Waals surface area contributed by atoms with Crippen LogP contribution in [0.5, 0.6) is 0 Å². The maximum atomic E-state index is 11.2. The fraction of sp³-hybridized carbons (Fsp3) is 0.538. The van der Waals surface area contributed by atoms with E-state index < -0.39 is 9.84 Å². The van der Waals surface area contributed by atoms with Gasteiger partial charge in [-0.05, 0) is 24.0 Å². The van der Waals surface area contributed by atoms with E-state index in [1.165, 1.54) is 18.2 Å². The van der Waals surface area contributed by atoms with Crippen LogP contribution in [0.4, 0.5) is 0 Å². The lowest BCUT2D eigenvalue weighted by atomic mass is 9.64. The van der Waals surface area contributed by atoms with Crippen molar-refractivity contribution in [2.45, 2.75) is 30.4 Å². The topological polar surface area (TPSA) is 60.2 Å². The highest BCUT2D eigenvalue weighted by Gasteiger charge is 2.36. The second-order valence-electron chi connectivity index (χ2n) is 5.11. The molecule has 1 aromatic carbocycles. The van der Waals surface area contributed by atoms with Crippen molar-refractivity contribution in [2.24, 2.45) is 5.73 Å². The quantitative estimate of drug-likeness (QED) is 0.887. The minimum absolute atomic E-state index is 0.114. The zero-order valence-corrected chi connectivity index (χ0v) is 11.0. The molecular formula is C13H19NO2S. The molecule has 0 amide bonds. The second-order valence-corrected chi connectivity index (χ2v) is 7.25. The fourth-order valence-corrected chi connectivity index (χ4v) is 3.27. The van der Waals surface area contributed by atoms with Crippen LogP contribution in [0, 0.1) is 0 Å². The molecule has 94 valence electrons. The van der Waals surface area contributed by atoms with E-state index in [9.17, 15) is 8.42 Å². The first-order chi connectivity index (χ1) is 7.95. The Labute approximate surface area is 103 Å². The van der Waals surface area contributed by atoms with Crippen molar-refractivity contribution in [3.05, 3.63) is 35.4 Å². The van der Waals surface area contributed by atoms with Crippen LogP contribution in [0.15, 0.2) is 24.3 Å². The Hall–Kier alpha value is -0.870. The van der Waals surface area contributed by atoms with E-state index >= 15 is 0 Å². The van der Waals surface area contributed by atoms with Crippen molar-refractivity contribution in [2.75, 3.05) is 12.8 Å². The third-order valence-corrected chi connectivity index (χ3v) is 4.55. The molecule has 0 atom stereocenters. The Kier molecular flexibility index (Phi) is 3.27. The first kappa shape index (κ1) is 12.6. The molecule has 1 fully saturated rings. The van der Waals surface area contributed by atoms with Gasteiger partial charge in [0.15, 0.2) is 9.84 Å². The van der Waals surface area contributed by atoms with Gasteiger partial charge < -0.3 is 5.73 Å². The number of rotatable bonds is 4. The first-order valence-electron chi connectivity index (χ1n) is 5.92. The molecule has 0 unspecified atom stereocenters. The van der Waals surface area contributed by atoms with Gasteiger partial charge in [0, 0.05) is 18.2 Å². The Morgan fingerprint density at radius 3 is 2.18 bits per heavy atom. The third-order valence-electron chi connectivity index (χ3n) is 3.70. The van der Waals surface area contributed by atoms with Crippen molar-refractivity contribution >= 4 is 9.84 Å². The first-order valence-corrected chi connectivity index (χ1v) is 7.98. The van der Waals surface area contributed by atoms with Crippen LogP contribution >= 0.6 is 0 Å². The number of sulfone groups is 1. The fourth-order valence-electron chi connectivity index (χ4n) is 2.47. The Morgan fingerprint density at radius 1 is 1.24 bits per heavy atom. The lowest BCUT2D eigenvalue weighted by molar-refractivity contribution is 0.253. The minimum Gasteiger partial charge on any atom is -0.330 e. The lowest BCUT2D eigenvalue weighted by Crippen LogP contribution is -2.41. The molecule has 1 aliphatic carbocycles. The second kappa shape index (κ2) is 4.42. The monoisotopic (exact) mass is 253 g/mol. The van der Waals surface area contributed by atoms with E-state index in [1.807, 2.05) is 24.3 Å². The molecule has 2 rings (SSSR count). The molecule has 1 aromatic rings. The molecule has 0 aliphatic heterocycles. The Bertz CT molecular complexity index is 481. The number of benzene rings is 1. The molecule has 4 heteroatoms. The summed E-state index contributed by atoms with van der Waals surface area (Å²) in [5.41, 5.74) is 8.10. The summed E-state index contributed by atoms with van der Waals surface area (Å²) in [6.45, 7) is 0.679. The van der Waals surface area contributed by atoms with E-state index in [-0.39, 0.29) is 11.2 Å². The molecule has 2 N–H and O–H groups in total. The molecule has 1 aliphatic rings. The zero-order valence-electron chi connectivity index (χ0n) is 10.1. The largest absolute Gasteiger partial charge is 0.330 e. The standard InChI is InChI=1S/C13H19NO2S/c1-17(15,16)9-11-3-5-12(6-4-11)13(10-14)7-2-8-13/h3-6H,2,7-10,14H2,1H3. The average molecular weight is 253 g/mol. The molecule has 0 bridgehead atoms. The summed E-state index contributed by atoms with van der Waals surface area (Å²) in [4.78, 5) is 0. The highest BCUT2D eigenvalue weighted by atomic mass is 32.2. The summed E-state index contributed by atoms with van der Waals surface area (Å²) < 4.78 is 22.4. The van der Waals surface area contributed by atoms with E-state index in [0.717, 1.165) is 18.4 Å². The van der Waals surface area contributed by atoms with E-state index in [1.54, 1.807) is 0 Å². The van der Waals surface area contributed by atoms with Gasteiger partial charge >= 0.3 is 0 Å². The summed E-state index contributed by atoms with van der Waals surface area (Å²) in [7, 11) is -2.95. The number of nitrogens with two attached hydrogens (primary N) is 1. The van der Waals surface area contributed by atoms with E-state index in [2.05, 4.69) is 0 Å². The zero-order chi connectivity index (χ0) is 12.5. The van der Waals surface area contributed by atoms with Crippen LogP contribution in [0.3, 0.4) is 0 Å². The van der Waals surface area contributed by atoms with E-state index in [4.69, 9.17) is 5.73 Å². The van der Waals surface area contributed by atoms with Crippen LogP contribution in [0.2, 0.25) is 0 Å². The summed E-state index contributed by atoms with van der Waals surface area (Å²) in [5.74, 6) is 0.114. The van der Waals surface area contributed by atoms with E-state index in [0.29, 0.717) is 6.54 Å². The summed E-state index contributed by atoms with van der Waals surface area (Å²) in [6, 6.07) is 7.89. The summed E-state index contributed by atoms with van der Waals surface area (Å²) >= 11 is 0. The maximum Gasteiger partial charge on any atom is 0.151 e. The maximum absolute atomic E-state index is 11.2. The molecule has 0 aromatic heterocycles. The van der Waals surface area contributed by atoms with Gasteiger partial charge in [0.2, 0.25) is 0 Å². The number of hydrogen-bond donors (Lipinski definition) is 1. The molecule has 17 heavy (non-hydrogen) atoms. The molecular weight excluding hydrogens is 234 g/mol. The van der Waals surface area contributed by atoms with Crippen LogP contribution in [-0.2, 0) is 21.0 Å². The van der Waals surface area contributed by atoms with Gasteiger partial charge in [0.1, 0.15) is 0 Å². The van der Waals surface area contributed by atoms with Gasteiger partial charge in [-0.2, -0.15) is 0 Å². The van der Waals surface area contributed by atoms with Crippen molar-refractivity contribution in [3.63, 3.8) is 0 Å². The van der Waals surface area contributed by atoms with Gasteiger partial charge in [-0.15, -0.1) is 0 Å². The summed E-state index contributed by atoms with van der Waals surface area (Å²) in [6.07, 6.45) is 4.79. The van der Waals surface area contributed by atoms with Gasteiger partial charge in [-0.25, -0.2) is 8.42 Å². The molecule has 1 saturated carbocycles. The van der Waals surface area contributed by atoms with Crippen LogP contribution in [0.25, 0.3) is 0 Å². The molecule has 0 heterocycles. The van der Waals surface area contributed by atoms with Gasteiger partial charge in [-0.3, -0.25) is 0 Å². The predicted molar refractivity (Wildman–Crippen MR) is 69.6 cm³/mol. The Morgan fingerprint density at radius 2 is 1.82 bits per heavy atom. The molecule has 0 spiro atoms. The number of hydrogen-bond acceptors (Lipinski definition) is 3. The smallest absolute Gasteiger partial charge is 0.151 e. The van der Waals surface area contributed by atoms with Crippen molar-refractivity contribution in [3.8, 4) is 0 Å². The van der Waals surface area contributed by atoms with Crippen molar-refractivity contribution in [1.82, 2.24) is 0 Å². The molecule has 3 nitrogen and oxygen atoms in total. The van der Waals surface area contributed by atoms with Crippen molar-refractivity contribution in [1.29, 1.82) is 0 Å². The third kappa shape index (κ3) is 2.69. The highest BCUT2D eigenvalue weighted by molar-refractivity contribution is 7.89. The van der Waals surface area contributed by atoms with Crippen LogP contribution < -0.4 is 5.73 Å². The van der Waals surface area contributed by atoms with Crippen LogP contribution in [0.1, 0.15) is 30.4 Å². The highest BCUT2D eigenvalue weighted by Crippen LogP contribution is 2.42. The van der Waals surface area contributed by atoms with Gasteiger partial charge in [0.05, 0.1) is 5.75 Å². The SMILES string of the molecule is CS(=O)(=O)Cc1ccc(C2(CN)CCC2)cc1. The van der Waals surface area contributed by atoms with Crippen molar-refractivity contribution < 1.29 is 8.42 Å². The predicted octanol–water partition coefficient (Wildman–Crippen LogP) is 1.61. The molecule has 0 radical (unpaired) electrons. The Balaban J connectivity index is 2.18. The minimum atomic E-state index is -2.95. The van der Waals surface area contributed by atoms with Gasteiger partial charge in [0.25, 0.3) is 0 Å². The van der Waals surface area contributed by atoms with Gasteiger partial charge in [-0.1, -0.05) is 30.7 Å². The van der Waals surface area contributed by atoms with Crippen LogP contribution in [-0.4, -0.2) is 21.2 Å². The summed E-state index contributed by atoms with van der Waals surface area (Å²) in [5, 5.41) is 0. The average Bonchev–Trinajstić information content (AvgIpc) is 2.17. The lowest BCUT2D eigenvalue weighted by Gasteiger charge is -2.41.